The zero-order chi connectivity index (χ0) is 22.9. The molecule has 0 aliphatic carbocycles. The molecule has 4 aromatic rings. The van der Waals surface area contributed by atoms with Crippen LogP contribution in [-0.4, -0.2) is 68.4 Å². The summed E-state index contributed by atoms with van der Waals surface area (Å²) in [6.45, 7) is 5.12. The van der Waals surface area contributed by atoms with Crippen molar-refractivity contribution in [3.05, 3.63) is 47.5 Å². The van der Waals surface area contributed by atoms with Crippen molar-refractivity contribution >= 4 is 28.5 Å². The predicted octanol–water partition coefficient (Wildman–Crippen LogP) is 2.91. The molecule has 5 rings (SSSR count). The number of anilines is 3. The Kier molecular flexibility index (Phi) is 5.56. The van der Waals surface area contributed by atoms with Gasteiger partial charge in [0, 0.05) is 54.9 Å². The van der Waals surface area contributed by atoms with Crippen LogP contribution in [0.2, 0.25) is 0 Å². The summed E-state index contributed by atoms with van der Waals surface area (Å²) in [4.78, 5) is 16.5. The van der Waals surface area contributed by atoms with Crippen LogP contribution in [0.1, 0.15) is 11.4 Å². The first-order valence-corrected chi connectivity index (χ1v) is 10.7. The molecule has 0 saturated carbocycles. The molecule has 0 bridgehead atoms. The van der Waals surface area contributed by atoms with Gasteiger partial charge in [-0.3, -0.25) is 5.10 Å². The zero-order valence-electron chi connectivity index (χ0n) is 18.4. The van der Waals surface area contributed by atoms with Gasteiger partial charge in [0.15, 0.2) is 17.4 Å². The maximum Gasteiger partial charge on any atom is 0.233 e. The molecule has 1 aliphatic rings. The number of hydrogen-bond acceptors (Lipinski definition) is 8. The standard InChI is InChI=1S/C22H25FN8O2/c1-13-9-15-16(24-13)3-4-17(21(15)23)33-20-11-19(31-7-5-30(2)6-8-31)26-22(27-20)25-18-10-14(12-32)28-29-18/h3-4,9-11,24,32H,5-8,12H2,1-2H3,(H2,25,26,27,28,29). The lowest BCUT2D eigenvalue weighted by Crippen LogP contribution is -2.44. The van der Waals surface area contributed by atoms with Crippen molar-refractivity contribution in [2.24, 2.45) is 0 Å². The van der Waals surface area contributed by atoms with E-state index in [4.69, 9.17) is 4.74 Å². The van der Waals surface area contributed by atoms with Crippen LogP contribution in [-0.2, 0) is 6.61 Å². The van der Waals surface area contributed by atoms with Crippen LogP contribution in [0.25, 0.3) is 10.9 Å². The number of aliphatic hydroxyl groups is 1. The fourth-order valence-corrected chi connectivity index (χ4v) is 3.82. The molecule has 33 heavy (non-hydrogen) atoms. The number of likely N-dealkylation sites (N-methyl/N-ethyl adjacent to an activating group) is 1. The Morgan fingerprint density at radius 1 is 1.15 bits per heavy atom. The fraction of sp³-hybridized carbons (Fsp3) is 0.318. The number of benzene rings is 1. The Morgan fingerprint density at radius 2 is 1.97 bits per heavy atom. The number of rotatable bonds is 6. The number of ether oxygens (including phenoxy) is 1. The van der Waals surface area contributed by atoms with Crippen LogP contribution < -0.4 is 15.0 Å². The number of piperazine rings is 1. The first-order chi connectivity index (χ1) is 16.0. The summed E-state index contributed by atoms with van der Waals surface area (Å²) in [7, 11) is 2.08. The molecule has 10 nitrogen and oxygen atoms in total. The second-order valence-electron chi connectivity index (χ2n) is 8.13. The van der Waals surface area contributed by atoms with Crippen molar-refractivity contribution in [3.63, 3.8) is 0 Å². The maximum atomic E-state index is 15.1. The van der Waals surface area contributed by atoms with E-state index in [1.54, 1.807) is 30.3 Å². The highest BCUT2D eigenvalue weighted by molar-refractivity contribution is 5.82. The second-order valence-corrected chi connectivity index (χ2v) is 8.13. The van der Waals surface area contributed by atoms with Crippen molar-refractivity contribution in [2.75, 3.05) is 43.4 Å². The first-order valence-electron chi connectivity index (χ1n) is 10.7. The quantitative estimate of drug-likeness (QED) is 0.353. The molecule has 172 valence electrons. The van der Waals surface area contributed by atoms with E-state index in [-0.39, 0.29) is 24.2 Å². The van der Waals surface area contributed by atoms with Gasteiger partial charge in [0.05, 0.1) is 12.3 Å². The third-order valence-corrected chi connectivity index (χ3v) is 5.61. The van der Waals surface area contributed by atoms with E-state index in [0.717, 1.165) is 31.9 Å². The summed E-state index contributed by atoms with van der Waals surface area (Å²) < 4.78 is 21.0. The molecule has 4 N–H and O–H groups in total. The smallest absolute Gasteiger partial charge is 0.233 e. The lowest BCUT2D eigenvalue weighted by Gasteiger charge is -2.33. The predicted molar refractivity (Wildman–Crippen MR) is 123 cm³/mol. The fourth-order valence-electron chi connectivity index (χ4n) is 3.82. The largest absolute Gasteiger partial charge is 0.436 e. The summed E-state index contributed by atoms with van der Waals surface area (Å²) in [5.41, 5.74) is 2.13. The molecule has 1 saturated heterocycles. The van der Waals surface area contributed by atoms with Gasteiger partial charge in [-0.15, -0.1) is 0 Å². The molecule has 1 aromatic carbocycles. The van der Waals surface area contributed by atoms with Crippen molar-refractivity contribution in [1.82, 2.24) is 30.0 Å². The van der Waals surface area contributed by atoms with E-state index in [9.17, 15) is 5.11 Å². The number of H-pyrrole nitrogens is 2. The third-order valence-electron chi connectivity index (χ3n) is 5.61. The molecule has 1 aliphatic heterocycles. The number of aryl methyl sites for hydroxylation is 1. The third kappa shape index (κ3) is 4.45. The highest BCUT2D eigenvalue weighted by Gasteiger charge is 2.19. The Hall–Kier alpha value is -3.70. The summed E-state index contributed by atoms with van der Waals surface area (Å²) in [6, 6.07) is 8.49. The van der Waals surface area contributed by atoms with Crippen LogP contribution in [0, 0.1) is 12.7 Å². The van der Waals surface area contributed by atoms with E-state index in [2.05, 4.69) is 47.3 Å². The highest BCUT2D eigenvalue weighted by atomic mass is 19.1. The number of nitrogens with zero attached hydrogens (tertiary/aromatic N) is 5. The van der Waals surface area contributed by atoms with Gasteiger partial charge < -0.3 is 29.9 Å². The number of aromatic amines is 2. The van der Waals surface area contributed by atoms with Gasteiger partial charge in [0.1, 0.15) is 5.82 Å². The normalized spacial score (nSPS) is 14.7. The Balaban J connectivity index is 1.48. The van der Waals surface area contributed by atoms with E-state index < -0.39 is 5.82 Å². The van der Waals surface area contributed by atoms with E-state index >= 15 is 4.39 Å². The van der Waals surface area contributed by atoms with Crippen molar-refractivity contribution < 1.29 is 14.2 Å². The van der Waals surface area contributed by atoms with Gasteiger partial charge >= 0.3 is 0 Å². The molecule has 0 radical (unpaired) electrons. The van der Waals surface area contributed by atoms with Gasteiger partial charge in [-0.2, -0.15) is 15.1 Å². The van der Waals surface area contributed by atoms with Crippen LogP contribution in [0.5, 0.6) is 11.6 Å². The molecule has 1 fully saturated rings. The first kappa shape index (κ1) is 21.2. The zero-order valence-corrected chi connectivity index (χ0v) is 18.4. The molecule has 0 spiro atoms. The summed E-state index contributed by atoms with van der Waals surface area (Å²) >= 11 is 0. The molecule has 0 amide bonds. The number of hydrogen-bond donors (Lipinski definition) is 4. The van der Waals surface area contributed by atoms with Gasteiger partial charge in [-0.1, -0.05) is 0 Å². The van der Waals surface area contributed by atoms with Gasteiger partial charge in [0.25, 0.3) is 0 Å². The Bertz CT molecular complexity index is 1280. The number of aromatic nitrogens is 5. The lowest BCUT2D eigenvalue weighted by atomic mass is 10.2. The topological polar surface area (TPSA) is 118 Å². The monoisotopic (exact) mass is 452 g/mol. The van der Waals surface area contributed by atoms with Crippen LogP contribution in [0.15, 0.2) is 30.3 Å². The average molecular weight is 452 g/mol. The highest BCUT2D eigenvalue weighted by Crippen LogP contribution is 2.32. The molecular weight excluding hydrogens is 427 g/mol. The second kappa shape index (κ2) is 8.68. The Labute approximate surface area is 189 Å². The van der Waals surface area contributed by atoms with E-state index in [1.165, 1.54) is 0 Å². The minimum atomic E-state index is -0.453. The van der Waals surface area contributed by atoms with Crippen LogP contribution in [0.4, 0.5) is 22.0 Å². The molecule has 4 heterocycles. The number of nitrogens with one attached hydrogen (secondary N) is 3. The lowest BCUT2D eigenvalue weighted by molar-refractivity contribution is 0.276. The van der Waals surface area contributed by atoms with E-state index in [1.807, 2.05) is 6.92 Å². The number of halogens is 1. The van der Waals surface area contributed by atoms with Gasteiger partial charge in [-0.05, 0) is 32.2 Å². The van der Waals surface area contributed by atoms with Gasteiger partial charge in [-0.25, -0.2) is 4.39 Å². The summed E-state index contributed by atoms with van der Waals surface area (Å²) in [6.07, 6.45) is 0. The molecule has 3 aromatic heterocycles. The number of aliphatic hydroxyl groups excluding tert-OH is 1. The maximum absolute atomic E-state index is 15.1. The van der Waals surface area contributed by atoms with Crippen molar-refractivity contribution in [2.45, 2.75) is 13.5 Å². The minimum Gasteiger partial charge on any atom is -0.436 e. The van der Waals surface area contributed by atoms with Crippen LogP contribution >= 0.6 is 0 Å². The van der Waals surface area contributed by atoms with Gasteiger partial charge in [0.2, 0.25) is 11.8 Å². The minimum absolute atomic E-state index is 0.0813. The van der Waals surface area contributed by atoms with Crippen molar-refractivity contribution in [3.8, 4) is 11.6 Å². The number of fused-ring (bicyclic) bond motifs is 1. The molecular formula is C22H25FN8O2. The van der Waals surface area contributed by atoms with E-state index in [0.29, 0.717) is 28.2 Å². The Morgan fingerprint density at radius 3 is 2.73 bits per heavy atom. The summed E-state index contributed by atoms with van der Waals surface area (Å²) in [5.74, 6) is 1.23. The summed E-state index contributed by atoms with van der Waals surface area (Å²) in [5, 5.41) is 19.6. The van der Waals surface area contributed by atoms with Crippen molar-refractivity contribution in [1.29, 1.82) is 0 Å². The average Bonchev–Trinajstić information content (AvgIpc) is 3.42. The molecule has 11 heteroatoms. The van der Waals surface area contributed by atoms with Crippen LogP contribution in [0.3, 0.4) is 0 Å². The molecule has 0 atom stereocenters. The molecule has 0 unspecified atom stereocenters. The SMILES string of the molecule is Cc1cc2c(F)c(Oc3cc(N4CCN(C)CC4)nc(Nc4cc(CO)[nH]n4)n3)ccc2[nH]1.